The van der Waals surface area contributed by atoms with Crippen LogP contribution in [0.3, 0.4) is 0 Å². The molecule has 0 aliphatic carbocycles. The van der Waals surface area contributed by atoms with Gasteiger partial charge in [0, 0.05) is 37.2 Å². The molecule has 1 amide bonds. The Bertz CT molecular complexity index is 408. The minimum absolute atomic E-state index is 0.0180. The summed E-state index contributed by atoms with van der Waals surface area (Å²) >= 11 is 0. The normalized spacial score (nSPS) is 10.1. The van der Waals surface area contributed by atoms with Gasteiger partial charge in [-0.05, 0) is 38.1 Å². The lowest BCUT2D eigenvalue weighted by Crippen LogP contribution is -2.30. The van der Waals surface area contributed by atoms with E-state index in [0.717, 1.165) is 0 Å². The molecule has 1 aromatic rings. The second-order valence-electron chi connectivity index (χ2n) is 4.11. The molecule has 0 heterocycles. The molecule has 0 aliphatic heterocycles. The fourth-order valence-electron chi connectivity index (χ4n) is 1.77. The Kier molecular flexibility index (Phi) is 5.36. The largest absolute Gasteiger partial charge is 0.399 e. The van der Waals surface area contributed by atoms with Crippen LogP contribution in [0.1, 0.15) is 37.0 Å². The Morgan fingerprint density at radius 1 is 1.06 bits per heavy atom. The summed E-state index contributed by atoms with van der Waals surface area (Å²) in [6.45, 7) is 5.24. The molecule has 0 unspecified atom stereocenters. The van der Waals surface area contributed by atoms with Crippen molar-refractivity contribution in [2.24, 2.45) is 0 Å². The molecule has 2 N–H and O–H groups in total. The van der Waals surface area contributed by atoms with Crippen molar-refractivity contribution in [3.8, 4) is 0 Å². The van der Waals surface area contributed by atoms with Crippen molar-refractivity contribution in [1.82, 2.24) is 4.90 Å². The average molecular weight is 248 g/mol. The molecule has 0 aliphatic rings. The van der Waals surface area contributed by atoms with Gasteiger partial charge in [0.1, 0.15) is 0 Å². The molecule has 0 atom stereocenters. The van der Waals surface area contributed by atoms with E-state index in [2.05, 4.69) is 0 Å². The van der Waals surface area contributed by atoms with Crippen molar-refractivity contribution in [2.45, 2.75) is 26.7 Å². The maximum Gasteiger partial charge on any atom is 0.223 e. The van der Waals surface area contributed by atoms with Crippen molar-refractivity contribution in [3.63, 3.8) is 0 Å². The Hall–Kier alpha value is -1.84. The maximum absolute atomic E-state index is 11.8. The number of nitrogens with zero attached hydrogens (tertiary/aromatic N) is 1. The number of hydrogen-bond donors (Lipinski definition) is 1. The highest BCUT2D eigenvalue weighted by atomic mass is 16.2. The first kappa shape index (κ1) is 14.2. The van der Waals surface area contributed by atoms with E-state index in [9.17, 15) is 9.59 Å². The maximum atomic E-state index is 11.8. The SMILES string of the molecule is CCN(CC)C(=O)CCC(=O)c1ccc(N)cc1. The van der Waals surface area contributed by atoms with Gasteiger partial charge in [0.05, 0.1) is 0 Å². The molecule has 0 radical (unpaired) electrons. The molecule has 1 rings (SSSR count). The van der Waals surface area contributed by atoms with Crippen molar-refractivity contribution < 1.29 is 9.59 Å². The lowest BCUT2D eigenvalue weighted by Gasteiger charge is -2.18. The summed E-state index contributed by atoms with van der Waals surface area (Å²) in [4.78, 5) is 25.3. The van der Waals surface area contributed by atoms with Crippen LogP contribution in [0.15, 0.2) is 24.3 Å². The first-order chi connectivity index (χ1) is 8.58. The third-order valence-electron chi connectivity index (χ3n) is 2.91. The van der Waals surface area contributed by atoms with Gasteiger partial charge in [-0.25, -0.2) is 0 Å². The summed E-state index contributed by atoms with van der Waals surface area (Å²) in [6, 6.07) is 6.78. The summed E-state index contributed by atoms with van der Waals surface area (Å²) in [6.07, 6.45) is 0.518. The number of rotatable bonds is 6. The number of carbonyl (C=O) groups excluding carboxylic acids is 2. The van der Waals surface area contributed by atoms with Crippen LogP contribution in [-0.4, -0.2) is 29.7 Å². The van der Waals surface area contributed by atoms with Crippen LogP contribution < -0.4 is 5.73 Å². The third-order valence-corrected chi connectivity index (χ3v) is 2.91. The van der Waals surface area contributed by atoms with Gasteiger partial charge in [-0.1, -0.05) is 0 Å². The monoisotopic (exact) mass is 248 g/mol. The number of hydrogen-bond acceptors (Lipinski definition) is 3. The van der Waals surface area contributed by atoms with Gasteiger partial charge in [-0.3, -0.25) is 9.59 Å². The van der Waals surface area contributed by atoms with Crippen molar-refractivity contribution in [2.75, 3.05) is 18.8 Å². The van der Waals surface area contributed by atoms with Crippen LogP contribution >= 0.6 is 0 Å². The zero-order valence-electron chi connectivity index (χ0n) is 11.0. The lowest BCUT2D eigenvalue weighted by molar-refractivity contribution is -0.130. The zero-order chi connectivity index (χ0) is 13.5. The van der Waals surface area contributed by atoms with E-state index in [4.69, 9.17) is 5.73 Å². The Labute approximate surface area is 108 Å². The summed E-state index contributed by atoms with van der Waals surface area (Å²) in [7, 11) is 0. The third kappa shape index (κ3) is 3.87. The highest BCUT2D eigenvalue weighted by molar-refractivity contribution is 5.98. The number of amides is 1. The molecule has 0 saturated heterocycles. The smallest absolute Gasteiger partial charge is 0.223 e. The van der Waals surface area contributed by atoms with E-state index in [0.29, 0.717) is 24.3 Å². The van der Waals surface area contributed by atoms with E-state index in [1.54, 1.807) is 29.2 Å². The van der Waals surface area contributed by atoms with Gasteiger partial charge in [0.2, 0.25) is 5.91 Å². The van der Waals surface area contributed by atoms with Crippen LogP contribution in [0, 0.1) is 0 Å². The highest BCUT2D eigenvalue weighted by Gasteiger charge is 2.12. The molecule has 0 aromatic heterocycles. The van der Waals surface area contributed by atoms with E-state index in [1.807, 2.05) is 13.8 Å². The number of ketones is 1. The second-order valence-corrected chi connectivity index (χ2v) is 4.11. The molecule has 0 bridgehead atoms. The lowest BCUT2D eigenvalue weighted by atomic mass is 10.1. The molecule has 4 heteroatoms. The fraction of sp³-hybridized carbons (Fsp3) is 0.429. The standard InChI is InChI=1S/C14H20N2O2/c1-3-16(4-2)14(18)10-9-13(17)11-5-7-12(15)8-6-11/h5-8H,3-4,9-10,15H2,1-2H3. The highest BCUT2D eigenvalue weighted by Crippen LogP contribution is 2.10. The first-order valence-electron chi connectivity index (χ1n) is 6.25. The van der Waals surface area contributed by atoms with Gasteiger partial charge in [0.25, 0.3) is 0 Å². The predicted molar refractivity (Wildman–Crippen MR) is 72.3 cm³/mol. The van der Waals surface area contributed by atoms with Crippen molar-refractivity contribution in [1.29, 1.82) is 0 Å². The number of anilines is 1. The average Bonchev–Trinajstić information content (AvgIpc) is 2.38. The number of nitrogens with two attached hydrogens (primary N) is 1. The van der Waals surface area contributed by atoms with E-state index < -0.39 is 0 Å². The summed E-state index contributed by atoms with van der Waals surface area (Å²) in [5, 5.41) is 0. The summed E-state index contributed by atoms with van der Waals surface area (Å²) < 4.78 is 0. The Morgan fingerprint density at radius 2 is 1.61 bits per heavy atom. The Balaban J connectivity index is 2.51. The predicted octanol–water partition coefficient (Wildman–Crippen LogP) is 2.10. The van der Waals surface area contributed by atoms with Gasteiger partial charge in [-0.2, -0.15) is 0 Å². The van der Waals surface area contributed by atoms with Crippen LogP contribution in [-0.2, 0) is 4.79 Å². The molecule has 0 fully saturated rings. The Morgan fingerprint density at radius 3 is 2.11 bits per heavy atom. The summed E-state index contributed by atoms with van der Waals surface area (Å²) in [5.74, 6) is 0.0132. The van der Waals surface area contributed by atoms with Crippen molar-refractivity contribution in [3.05, 3.63) is 29.8 Å². The molecule has 0 spiro atoms. The van der Waals surface area contributed by atoms with Crippen LogP contribution in [0.4, 0.5) is 5.69 Å². The number of Topliss-reactive ketones (excluding diaryl/α,β-unsaturated/α-hetero) is 1. The van der Waals surface area contributed by atoms with Crippen LogP contribution in [0.25, 0.3) is 0 Å². The van der Waals surface area contributed by atoms with Gasteiger partial charge in [-0.15, -0.1) is 0 Å². The van der Waals surface area contributed by atoms with E-state index >= 15 is 0 Å². The number of nitrogen functional groups attached to an aromatic ring is 1. The molecule has 1 aromatic carbocycles. The number of carbonyl (C=O) groups is 2. The van der Waals surface area contributed by atoms with Crippen molar-refractivity contribution >= 4 is 17.4 Å². The molecule has 0 saturated carbocycles. The molecule has 98 valence electrons. The minimum Gasteiger partial charge on any atom is -0.399 e. The minimum atomic E-state index is -0.0180. The number of benzene rings is 1. The topological polar surface area (TPSA) is 63.4 Å². The summed E-state index contributed by atoms with van der Waals surface area (Å²) in [5.41, 5.74) is 6.79. The molecule has 4 nitrogen and oxygen atoms in total. The quantitative estimate of drug-likeness (QED) is 0.619. The first-order valence-corrected chi connectivity index (χ1v) is 6.25. The fourth-order valence-corrected chi connectivity index (χ4v) is 1.77. The van der Waals surface area contributed by atoms with Gasteiger partial charge < -0.3 is 10.6 Å². The van der Waals surface area contributed by atoms with Crippen LogP contribution in [0.5, 0.6) is 0 Å². The van der Waals surface area contributed by atoms with E-state index in [-0.39, 0.29) is 24.5 Å². The zero-order valence-corrected chi connectivity index (χ0v) is 11.0. The molecule has 18 heavy (non-hydrogen) atoms. The van der Waals surface area contributed by atoms with Gasteiger partial charge in [0.15, 0.2) is 5.78 Å². The van der Waals surface area contributed by atoms with E-state index in [1.165, 1.54) is 0 Å². The van der Waals surface area contributed by atoms with Crippen LogP contribution in [0.2, 0.25) is 0 Å². The molecular weight excluding hydrogens is 228 g/mol. The molecular formula is C14H20N2O2. The second kappa shape index (κ2) is 6.79. The van der Waals surface area contributed by atoms with Gasteiger partial charge >= 0.3 is 0 Å².